The number of piperidine rings is 1. The Morgan fingerprint density at radius 3 is 2.59 bits per heavy atom. The number of benzene rings is 2. The van der Waals surface area contributed by atoms with Gasteiger partial charge in [-0.3, -0.25) is 4.90 Å². The highest BCUT2D eigenvalue weighted by Crippen LogP contribution is 2.35. The molecular weight excluding hydrogens is 340 g/mol. The van der Waals surface area contributed by atoms with Crippen LogP contribution in [0.4, 0.5) is 0 Å². The molecule has 0 bridgehead atoms. The first-order valence-electron chi connectivity index (χ1n) is 9.33. The Kier molecular flexibility index (Phi) is 4.86. The van der Waals surface area contributed by atoms with E-state index in [-0.39, 0.29) is 0 Å². The molecule has 1 aliphatic rings. The first-order valence-corrected chi connectivity index (χ1v) is 9.33. The lowest BCUT2D eigenvalue weighted by Crippen LogP contribution is -2.32. The summed E-state index contributed by atoms with van der Waals surface area (Å²) in [5.41, 5.74) is 4.05. The summed E-state index contributed by atoms with van der Waals surface area (Å²) >= 11 is 0. The van der Waals surface area contributed by atoms with Crippen LogP contribution in [-0.2, 0) is 6.54 Å². The Bertz CT molecular complexity index is 938. The Balaban J connectivity index is 1.41. The molecule has 2 N–H and O–H groups in total. The van der Waals surface area contributed by atoms with Gasteiger partial charge in [-0.25, -0.2) is 4.79 Å². The molecule has 27 heavy (non-hydrogen) atoms. The number of nitrogens with one attached hydrogen (secondary N) is 1. The second-order valence-electron chi connectivity index (χ2n) is 7.21. The number of carbonyl (C=O) groups is 1. The van der Waals surface area contributed by atoms with E-state index < -0.39 is 5.97 Å². The first kappa shape index (κ1) is 17.6. The molecule has 2 heterocycles. The van der Waals surface area contributed by atoms with Crippen molar-refractivity contribution in [1.82, 2.24) is 9.88 Å². The highest BCUT2D eigenvalue weighted by molar-refractivity contribution is 5.87. The van der Waals surface area contributed by atoms with Gasteiger partial charge in [-0.1, -0.05) is 12.1 Å². The van der Waals surface area contributed by atoms with E-state index in [1.54, 1.807) is 19.2 Å². The van der Waals surface area contributed by atoms with Gasteiger partial charge in [0.15, 0.2) is 0 Å². The molecule has 5 heteroatoms. The zero-order valence-electron chi connectivity index (χ0n) is 15.4. The number of ether oxygens (including phenoxy) is 1. The average Bonchev–Trinajstić information content (AvgIpc) is 3.12. The number of fused-ring (bicyclic) bond motifs is 1. The van der Waals surface area contributed by atoms with Crippen LogP contribution in [0.3, 0.4) is 0 Å². The van der Waals surface area contributed by atoms with Crippen LogP contribution < -0.4 is 4.74 Å². The van der Waals surface area contributed by atoms with Crippen LogP contribution in [0.15, 0.2) is 48.7 Å². The van der Waals surface area contributed by atoms with E-state index in [9.17, 15) is 4.79 Å². The van der Waals surface area contributed by atoms with E-state index in [4.69, 9.17) is 9.84 Å². The maximum atomic E-state index is 11.0. The summed E-state index contributed by atoms with van der Waals surface area (Å²) in [7, 11) is 1.70. The number of carboxylic acid groups (broad SMARTS) is 1. The number of hydrogen-bond acceptors (Lipinski definition) is 3. The number of nitrogens with zero attached hydrogens (tertiary/aromatic N) is 1. The van der Waals surface area contributed by atoms with E-state index in [0.29, 0.717) is 11.5 Å². The van der Waals surface area contributed by atoms with Gasteiger partial charge in [0.1, 0.15) is 5.75 Å². The van der Waals surface area contributed by atoms with Crippen LogP contribution in [0.5, 0.6) is 5.75 Å². The largest absolute Gasteiger partial charge is 0.497 e. The number of carboxylic acids is 1. The van der Waals surface area contributed by atoms with Gasteiger partial charge in [0.05, 0.1) is 12.7 Å². The van der Waals surface area contributed by atoms with Crippen LogP contribution >= 0.6 is 0 Å². The van der Waals surface area contributed by atoms with E-state index in [0.717, 1.165) is 49.3 Å². The minimum atomic E-state index is -0.877. The molecule has 0 atom stereocenters. The molecule has 0 spiro atoms. The van der Waals surface area contributed by atoms with E-state index >= 15 is 0 Å². The molecule has 1 saturated heterocycles. The van der Waals surface area contributed by atoms with Crippen molar-refractivity contribution in [3.8, 4) is 5.75 Å². The van der Waals surface area contributed by atoms with Crippen molar-refractivity contribution in [2.24, 2.45) is 0 Å². The predicted octanol–water partition coefficient (Wildman–Crippen LogP) is 4.25. The number of methoxy groups -OCH3 is 1. The summed E-state index contributed by atoms with van der Waals surface area (Å²) in [6.45, 7) is 2.96. The molecule has 2 aromatic carbocycles. The van der Waals surface area contributed by atoms with Crippen LogP contribution in [0, 0.1) is 0 Å². The second-order valence-corrected chi connectivity index (χ2v) is 7.21. The second kappa shape index (κ2) is 7.45. The van der Waals surface area contributed by atoms with Crippen LogP contribution in [0.1, 0.15) is 40.2 Å². The molecule has 3 aromatic rings. The number of hydrogen-bond donors (Lipinski definition) is 2. The van der Waals surface area contributed by atoms with Crippen molar-refractivity contribution in [3.63, 3.8) is 0 Å². The Labute approximate surface area is 158 Å². The Morgan fingerprint density at radius 2 is 1.93 bits per heavy atom. The maximum absolute atomic E-state index is 11.0. The van der Waals surface area contributed by atoms with Crippen molar-refractivity contribution in [2.75, 3.05) is 20.2 Å². The minimum Gasteiger partial charge on any atom is -0.497 e. The number of likely N-dealkylation sites (tertiary alicyclic amines) is 1. The number of H-pyrrole nitrogens is 1. The van der Waals surface area contributed by atoms with Crippen LogP contribution in [0.2, 0.25) is 0 Å². The molecule has 4 rings (SSSR count). The monoisotopic (exact) mass is 364 g/mol. The van der Waals surface area contributed by atoms with Crippen LogP contribution in [0.25, 0.3) is 10.9 Å². The quantitative estimate of drug-likeness (QED) is 0.710. The van der Waals surface area contributed by atoms with Gasteiger partial charge in [-0.05, 0) is 73.3 Å². The van der Waals surface area contributed by atoms with Gasteiger partial charge in [0.25, 0.3) is 0 Å². The summed E-state index contributed by atoms with van der Waals surface area (Å²) < 4.78 is 5.38. The van der Waals surface area contributed by atoms with Gasteiger partial charge in [0, 0.05) is 23.6 Å². The molecule has 0 radical (unpaired) electrons. The van der Waals surface area contributed by atoms with E-state index in [2.05, 4.69) is 28.2 Å². The molecule has 1 fully saturated rings. The summed E-state index contributed by atoms with van der Waals surface area (Å²) in [5.74, 6) is 0.569. The van der Waals surface area contributed by atoms with Crippen molar-refractivity contribution in [1.29, 1.82) is 0 Å². The predicted molar refractivity (Wildman–Crippen MR) is 106 cm³/mol. The standard InChI is InChI=1S/C22H24N2O3/c1-27-18-6-7-21-19(12-18)20(13-23-21)16-8-10-24(11-9-16)14-15-2-4-17(5-3-15)22(25)26/h2-7,12-13,16,23H,8-11,14H2,1H3,(H,25,26). The van der Waals surface area contributed by atoms with Crippen molar-refractivity contribution < 1.29 is 14.6 Å². The fourth-order valence-corrected chi connectivity index (χ4v) is 4.00. The molecule has 0 unspecified atom stereocenters. The van der Waals surface area contributed by atoms with E-state index in [1.165, 1.54) is 10.9 Å². The Morgan fingerprint density at radius 1 is 1.19 bits per heavy atom. The molecule has 1 aromatic heterocycles. The fourth-order valence-electron chi connectivity index (χ4n) is 4.00. The molecule has 140 valence electrons. The lowest BCUT2D eigenvalue weighted by atomic mass is 9.89. The maximum Gasteiger partial charge on any atom is 0.335 e. The van der Waals surface area contributed by atoms with Crippen LogP contribution in [-0.4, -0.2) is 41.2 Å². The fraction of sp³-hybridized carbons (Fsp3) is 0.318. The third-order valence-electron chi connectivity index (χ3n) is 5.56. The highest BCUT2D eigenvalue weighted by atomic mass is 16.5. The highest BCUT2D eigenvalue weighted by Gasteiger charge is 2.23. The van der Waals surface area contributed by atoms with Gasteiger partial charge >= 0.3 is 5.97 Å². The minimum absolute atomic E-state index is 0.340. The third-order valence-corrected chi connectivity index (χ3v) is 5.56. The van der Waals surface area contributed by atoms with Crippen molar-refractivity contribution in [2.45, 2.75) is 25.3 Å². The molecular formula is C22H24N2O3. The molecule has 1 aliphatic heterocycles. The van der Waals surface area contributed by atoms with E-state index in [1.807, 2.05) is 18.2 Å². The lowest BCUT2D eigenvalue weighted by molar-refractivity contribution is 0.0697. The lowest BCUT2D eigenvalue weighted by Gasteiger charge is -2.32. The summed E-state index contributed by atoms with van der Waals surface area (Å²) in [5, 5.41) is 10.3. The zero-order chi connectivity index (χ0) is 18.8. The number of rotatable bonds is 5. The number of aromatic amines is 1. The normalized spacial score (nSPS) is 15.9. The van der Waals surface area contributed by atoms with Gasteiger partial charge in [-0.15, -0.1) is 0 Å². The average molecular weight is 364 g/mol. The topological polar surface area (TPSA) is 65.6 Å². The number of aromatic nitrogens is 1. The molecule has 0 aliphatic carbocycles. The summed E-state index contributed by atoms with van der Waals surface area (Å²) in [6.07, 6.45) is 4.39. The van der Waals surface area contributed by atoms with Gasteiger partial charge in [0.2, 0.25) is 0 Å². The zero-order valence-corrected chi connectivity index (χ0v) is 15.4. The first-order chi connectivity index (χ1) is 13.1. The Hall–Kier alpha value is -2.79. The molecule has 0 amide bonds. The number of aromatic carboxylic acids is 1. The SMILES string of the molecule is COc1ccc2[nH]cc(C3CCN(Cc4ccc(C(=O)O)cc4)CC3)c2c1. The van der Waals surface area contributed by atoms with Gasteiger partial charge < -0.3 is 14.8 Å². The summed E-state index contributed by atoms with van der Waals surface area (Å²) in [6, 6.07) is 13.4. The van der Waals surface area contributed by atoms with Gasteiger partial charge in [-0.2, -0.15) is 0 Å². The molecule has 5 nitrogen and oxygen atoms in total. The smallest absolute Gasteiger partial charge is 0.335 e. The summed E-state index contributed by atoms with van der Waals surface area (Å²) in [4.78, 5) is 16.8. The van der Waals surface area contributed by atoms with Crippen molar-refractivity contribution in [3.05, 3.63) is 65.4 Å². The molecule has 0 saturated carbocycles. The third kappa shape index (κ3) is 3.69. The van der Waals surface area contributed by atoms with Crippen molar-refractivity contribution >= 4 is 16.9 Å².